The van der Waals surface area contributed by atoms with E-state index in [-0.39, 0.29) is 18.2 Å². The largest absolute Gasteiger partial charge is 0.312 e. The lowest BCUT2D eigenvalue weighted by Crippen LogP contribution is -2.29. The molecule has 2 amide bonds. The molecule has 0 bridgehead atoms. The van der Waals surface area contributed by atoms with Crippen molar-refractivity contribution in [2.75, 3.05) is 16.8 Å². The Hall–Kier alpha value is -3.52. The number of aryl methyl sites for hydroxylation is 3. The highest BCUT2D eigenvalue weighted by atomic mass is 32.1. The molecule has 3 heterocycles. The minimum atomic E-state index is -0.412. The van der Waals surface area contributed by atoms with Crippen molar-refractivity contribution >= 4 is 44.9 Å². The number of fused-ring (bicyclic) bond motifs is 2. The van der Waals surface area contributed by atoms with E-state index < -0.39 is 5.92 Å². The van der Waals surface area contributed by atoms with Gasteiger partial charge in [0, 0.05) is 24.2 Å². The summed E-state index contributed by atoms with van der Waals surface area (Å²) in [6, 6.07) is 14.0. The Morgan fingerprint density at radius 2 is 1.97 bits per heavy atom. The fourth-order valence-corrected chi connectivity index (χ4v) is 5.78. The average molecular weight is 472 g/mol. The van der Waals surface area contributed by atoms with E-state index in [2.05, 4.69) is 5.32 Å². The Labute approximate surface area is 201 Å². The first-order valence-corrected chi connectivity index (χ1v) is 12.4. The van der Waals surface area contributed by atoms with E-state index in [1.807, 2.05) is 56.3 Å². The lowest BCUT2D eigenvalue weighted by molar-refractivity contribution is -0.122. The third-order valence-electron chi connectivity index (χ3n) is 6.91. The fourth-order valence-electron chi connectivity index (χ4n) is 4.85. The van der Waals surface area contributed by atoms with Gasteiger partial charge in [0.05, 0.1) is 21.8 Å². The first-order valence-electron chi connectivity index (χ1n) is 11.6. The molecule has 1 atom stereocenters. The number of carbonyl (C=O) groups excluding carboxylic acids is 2. The molecule has 0 radical (unpaired) electrons. The van der Waals surface area contributed by atoms with Gasteiger partial charge < -0.3 is 10.2 Å². The number of nitrogens with one attached hydrogen (secondary N) is 1. The van der Waals surface area contributed by atoms with Crippen molar-refractivity contribution in [1.82, 2.24) is 14.8 Å². The summed E-state index contributed by atoms with van der Waals surface area (Å²) in [7, 11) is 0. The maximum atomic E-state index is 13.4. The summed E-state index contributed by atoms with van der Waals surface area (Å²) in [5.74, 6) is 0.128. The van der Waals surface area contributed by atoms with Crippen LogP contribution in [0, 0.1) is 19.8 Å². The topological polar surface area (TPSA) is 80.1 Å². The average Bonchev–Trinajstić information content (AvgIpc) is 3.59. The van der Waals surface area contributed by atoms with Gasteiger partial charge in [-0.2, -0.15) is 9.78 Å². The molecule has 1 saturated heterocycles. The number of hydrogen-bond donors (Lipinski definition) is 1. The quantitative estimate of drug-likeness (QED) is 0.473. The van der Waals surface area contributed by atoms with Gasteiger partial charge in [0.1, 0.15) is 5.82 Å². The Balaban J connectivity index is 1.28. The SMILES string of the molecule is Cc1ccc(N2CC(C(=O)Nc3c4c(nn3-c3nc5ccccc5s3)CCC4)CC2=O)cc1C. The van der Waals surface area contributed by atoms with Gasteiger partial charge >= 0.3 is 0 Å². The van der Waals surface area contributed by atoms with E-state index in [0.29, 0.717) is 12.4 Å². The van der Waals surface area contributed by atoms with Crippen molar-refractivity contribution < 1.29 is 9.59 Å². The molecule has 34 heavy (non-hydrogen) atoms. The summed E-state index contributed by atoms with van der Waals surface area (Å²) in [4.78, 5) is 32.6. The third kappa shape index (κ3) is 3.49. The predicted molar refractivity (Wildman–Crippen MR) is 134 cm³/mol. The minimum absolute atomic E-state index is 0.0201. The summed E-state index contributed by atoms with van der Waals surface area (Å²) >= 11 is 1.56. The normalized spacial score (nSPS) is 17.5. The summed E-state index contributed by atoms with van der Waals surface area (Å²) in [5, 5.41) is 8.68. The van der Waals surface area contributed by atoms with Gasteiger partial charge in [-0.15, -0.1) is 0 Å². The van der Waals surface area contributed by atoms with Crippen molar-refractivity contribution in [2.45, 2.75) is 39.5 Å². The lowest BCUT2D eigenvalue weighted by Gasteiger charge is -2.18. The van der Waals surface area contributed by atoms with Crippen LogP contribution in [0.5, 0.6) is 0 Å². The zero-order valence-electron chi connectivity index (χ0n) is 19.2. The highest BCUT2D eigenvalue weighted by Gasteiger charge is 2.36. The molecule has 2 aromatic heterocycles. The number of thiazole rings is 1. The molecule has 1 fully saturated rings. The van der Waals surface area contributed by atoms with Crippen LogP contribution in [0.2, 0.25) is 0 Å². The molecular formula is C26H25N5O2S. The summed E-state index contributed by atoms with van der Waals surface area (Å²) in [5.41, 5.74) is 6.19. The fraction of sp³-hybridized carbons (Fsp3) is 0.308. The monoisotopic (exact) mass is 471 g/mol. The van der Waals surface area contributed by atoms with Crippen LogP contribution in [-0.2, 0) is 22.4 Å². The number of rotatable bonds is 4. The van der Waals surface area contributed by atoms with Gasteiger partial charge in [-0.3, -0.25) is 9.59 Å². The van der Waals surface area contributed by atoms with Gasteiger partial charge in [0.15, 0.2) is 0 Å². The highest BCUT2D eigenvalue weighted by molar-refractivity contribution is 7.20. The summed E-state index contributed by atoms with van der Waals surface area (Å²) in [6.45, 7) is 4.46. The van der Waals surface area contributed by atoms with Crippen molar-refractivity contribution in [3.05, 3.63) is 64.8 Å². The van der Waals surface area contributed by atoms with E-state index in [1.165, 1.54) is 5.56 Å². The zero-order valence-corrected chi connectivity index (χ0v) is 20.0. The van der Waals surface area contributed by atoms with Crippen molar-refractivity contribution in [3.8, 4) is 5.13 Å². The molecule has 1 aliphatic heterocycles. The molecule has 4 aromatic rings. The zero-order chi connectivity index (χ0) is 23.4. The maximum Gasteiger partial charge on any atom is 0.230 e. The number of anilines is 2. The Morgan fingerprint density at radius 3 is 2.79 bits per heavy atom. The van der Waals surface area contributed by atoms with Gasteiger partial charge in [-0.1, -0.05) is 29.5 Å². The minimum Gasteiger partial charge on any atom is -0.312 e. The molecular weight excluding hydrogens is 446 g/mol. The molecule has 6 rings (SSSR count). The summed E-state index contributed by atoms with van der Waals surface area (Å²) < 4.78 is 2.86. The Morgan fingerprint density at radius 1 is 1.12 bits per heavy atom. The number of carbonyl (C=O) groups is 2. The van der Waals surface area contributed by atoms with E-state index in [4.69, 9.17) is 10.1 Å². The summed E-state index contributed by atoms with van der Waals surface area (Å²) in [6.07, 6.45) is 3.02. The van der Waals surface area contributed by atoms with Crippen molar-refractivity contribution in [1.29, 1.82) is 0 Å². The molecule has 172 valence electrons. The lowest BCUT2D eigenvalue weighted by atomic mass is 10.1. The second-order valence-corrected chi connectivity index (χ2v) is 10.2. The second kappa shape index (κ2) is 8.06. The van der Waals surface area contributed by atoms with Crippen LogP contribution < -0.4 is 10.2 Å². The first kappa shape index (κ1) is 21.0. The second-order valence-electron chi connectivity index (χ2n) is 9.17. The van der Waals surface area contributed by atoms with E-state index in [0.717, 1.165) is 57.1 Å². The number of aromatic nitrogens is 3. The standard InChI is InChI=1S/C26H25N5O2S/c1-15-10-11-18(12-16(15)2)30-14-17(13-23(30)32)25(33)28-24-19-6-5-8-20(19)29-31(24)26-27-21-7-3-4-9-22(21)34-26/h3-4,7,9-12,17H,5-6,8,13-14H2,1-2H3,(H,28,33). The van der Waals surface area contributed by atoms with Crippen LogP contribution in [-0.4, -0.2) is 33.1 Å². The molecule has 1 N–H and O–H groups in total. The molecule has 2 aliphatic rings. The van der Waals surface area contributed by atoms with Crippen LogP contribution in [0.15, 0.2) is 42.5 Å². The van der Waals surface area contributed by atoms with Crippen molar-refractivity contribution in [3.63, 3.8) is 0 Å². The smallest absolute Gasteiger partial charge is 0.230 e. The molecule has 1 unspecified atom stereocenters. The Kier molecular flexibility index (Phi) is 4.99. The number of hydrogen-bond acceptors (Lipinski definition) is 5. The van der Waals surface area contributed by atoms with Gasteiger partial charge in [0.25, 0.3) is 0 Å². The van der Waals surface area contributed by atoms with Crippen LogP contribution in [0.1, 0.15) is 35.2 Å². The van der Waals surface area contributed by atoms with Crippen LogP contribution in [0.3, 0.4) is 0 Å². The first-order chi connectivity index (χ1) is 16.5. The highest BCUT2D eigenvalue weighted by Crippen LogP contribution is 2.35. The predicted octanol–water partition coefficient (Wildman–Crippen LogP) is 4.58. The number of nitrogens with zero attached hydrogens (tertiary/aromatic N) is 4. The molecule has 1 aliphatic carbocycles. The number of amides is 2. The maximum absolute atomic E-state index is 13.4. The van der Waals surface area contributed by atoms with Crippen LogP contribution in [0.25, 0.3) is 15.3 Å². The molecule has 0 saturated carbocycles. The molecule has 0 spiro atoms. The third-order valence-corrected chi connectivity index (χ3v) is 7.92. The van der Waals surface area contributed by atoms with E-state index in [9.17, 15) is 9.59 Å². The van der Waals surface area contributed by atoms with Crippen molar-refractivity contribution in [2.24, 2.45) is 5.92 Å². The van der Waals surface area contributed by atoms with Gasteiger partial charge in [-0.05, 0) is 68.5 Å². The Bertz CT molecular complexity index is 1420. The van der Waals surface area contributed by atoms with Crippen LogP contribution in [0.4, 0.5) is 11.5 Å². The molecule has 2 aromatic carbocycles. The number of benzene rings is 2. The van der Waals surface area contributed by atoms with E-state index in [1.54, 1.807) is 20.9 Å². The van der Waals surface area contributed by atoms with Crippen LogP contribution >= 0.6 is 11.3 Å². The molecule has 8 heteroatoms. The van der Waals surface area contributed by atoms with E-state index >= 15 is 0 Å². The number of para-hydroxylation sites is 1. The van der Waals surface area contributed by atoms with Gasteiger partial charge in [-0.25, -0.2) is 4.98 Å². The van der Waals surface area contributed by atoms with Gasteiger partial charge in [0.2, 0.25) is 16.9 Å². The molecule has 7 nitrogen and oxygen atoms in total.